The molecular formula is C20H36ClNO2. The molecule has 0 radical (unpaired) electrons. The number of hydrogen-bond donors (Lipinski definition) is 3. The van der Waals surface area contributed by atoms with Gasteiger partial charge in [-0.05, 0) is 52.0 Å². The van der Waals surface area contributed by atoms with Crippen molar-refractivity contribution in [2.24, 2.45) is 11.7 Å². The molecule has 1 rings (SSSR count). The normalized spacial score (nSPS) is 15.1. The number of aliphatic hydroxyl groups excluding tert-OH is 1. The fourth-order valence-electron chi connectivity index (χ4n) is 2.84. The lowest BCUT2D eigenvalue weighted by molar-refractivity contribution is 0.121. The van der Waals surface area contributed by atoms with Gasteiger partial charge in [-0.15, -0.1) is 12.4 Å². The van der Waals surface area contributed by atoms with E-state index in [1.165, 1.54) is 0 Å². The van der Waals surface area contributed by atoms with Crippen LogP contribution < -0.4 is 5.73 Å². The summed E-state index contributed by atoms with van der Waals surface area (Å²) in [6.45, 7) is 16.6. The maximum Gasteiger partial charge on any atom is 0.123 e. The van der Waals surface area contributed by atoms with E-state index in [-0.39, 0.29) is 23.2 Å². The highest BCUT2D eigenvalue weighted by atomic mass is 35.5. The van der Waals surface area contributed by atoms with Gasteiger partial charge in [-0.2, -0.15) is 0 Å². The molecule has 0 aliphatic heterocycles. The largest absolute Gasteiger partial charge is 0.507 e. The molecule has 2 atom stereocenters. The van der Waals surface area contributed by atoms with Crippen molar-refractivity contribution in [3.05, 3.63) is 28.8 Å². The SMILES string of the molecule is CC(C)C[C@H](O)[C@H](N)c1cc(C(C)(C)C)c(O)c(C(C)(C)C)c1.Cl. The fourth-order valence-corrected chi connectivity index (χ4v) is 2.84. The van der Waals surface area contributed by atoms with E-state index in [4.69, 9.17) is 5.73 Å². The van der Waals surface area contributed by atoms with Gasteiger partial charge in [0.05, 0.1) is 12.1 Å². The number of nitrogens with two attached hydrogens (primary N) is 1. The first-order valence-electron chi connectivity index (χ1n) is 8.56. The van der Waals surface area contributed by atoms with Crippen molar-refractivity contribution in [3.8, 4) is 5.75 Å². The number of benzene rings is 1. The number of phenolic OH excluding ortho intramolecular Hbond substituents is 1. The third kappa shape index (κ3) is 5.65. The predicted octanol–water partition coefficient (Wildman–Crippen LogP) is 4.82. The van der Waals surface area contributed by atoms with E-state index in [0.717, 1.165) is 16.7 Å². The van der Waals surface area contributed by atoms with Gasteiger partial charge in [0, 0.05) is 0 Å². The van der Waals surface area contributed by atoms with Crippen molar-refractivity contribution in [2.75, 3.05) is 0 Å². The number of hydrogen-bond acceptors (Lipinski definition) is 3. The molecule has 0 heterocycles. The van der Waals surface area contributed by atoms with Crippen molar-refractivity contribution < 1.29 is 10.2 Å². The van der Waals surface area contributed by atoms with Crippen molar-refractivity contribution in [1.82, 2.24) is 0 Å². The molecule has 4 N–H and O–H groups in total. The molecule has 0 unspecified atom stereocenters. The Balaban J connectivity index is 0.00000529. The lowest BCUT2D eigenvalue weighted by Crippen LogP contribution is -2.29. The van der Waals surface area contributed by atoms with Crippen LogP contribution in [-0.4, -0.2) is 16.3 Å². The Hall–Kier alpha value is -0.770. The number of halogens is 1. The molecule has 0 saturated heterocycles. The minimum atomic E-state index is -0.583. The number of phenols is 1. The van der Waals surface area contributed by atoms with Crippen LogP contribution in [0.1, 0.15) is 84.5 Å². The quantitative estimate of drug-likeness (QED) is 0.723. The average molecular weight is 358 g/mol. The predicted molar refractivity (Wildman–Crippen MR) is 105 cm³/mol. The van der Waals surface area contributed by atoms with Crippen molar-refractivity contribution in [3.63, 3.8) is 0 Å². The van der Waals surface area contributed by atoms with Gasteiger partial charge < -0.3 is 15.9 Å². The van der Waals surface area contributed by atoms with E-state index < -0.39 is 12.1 Å². The van der Waals surface area contributed by atoms with Gasteiger partial charge in [-0.25, -0.2) is 0 Å². The highest BCUT2D eigenvalue weighted by Gasteiger charge is 2.29. The van der Waals surface area contributed by atoms with Gasteiger partial charge in [0.1, 0.15) is 5.75 Å². The third-order valence-corrected chi connectivity index (χ3v) is 4.26. The molecule has 1 aromatic carbocycles. The summed E-state index contributed by atoms with van der Waals surface area (Å²) in [6.07, 6.45) is 0.0813. The Morgan fingerprint density at radius 3 is 1.62 bits per heavy atom. The Morgan fingerprint density at radius 1 is 0.958 bits per heavy atom. The molecule has 0 aromatic heterocycles. The zero-order valence-corrected chi connectivity index (χ0v) is 17.3. The average Bonchev–Trinajstić information content (AvgIpc) is 2.34. The van der Waals surface area contributed by atoms with E-state index >= 15 is 0 Å². The molecule has 1 aromatic rings. The van der Waals surface area contributed by atoms with Crippen molar-refractivity contribution >= 4 is 12.4 Å². The Kier molecular flexibility index (Phi) is 7.81. The highest BCUT2D eigenvalue weighted by molar-refractivity contribution is 5.85. The zero-order valence-electron chi connectivity index (χ0n) is 16.5. The van der Waals surface area contributed by atoms with Gasteiger partial charge in [-0.1, -0.05) is 55.4 Å². The Morgan fingerprint density at radius 2 is 1.33 bits per heavy atom. The van der Waals surface area contributed by atoms with Crippen LogP contribution in [-0.2, 0) is 10.8 Å². The van der Waals surface area contributed by atoms with Crippen LogP contribution in [0.15, 0.2) is 12.1 Å². The Bertz CT molecular complexity index is 507. The number of aromatic hydroxyl groups is 1. The maximum atomic E-state index is 10.7. The molecule has 0 aliphatic carbocycles. The highest BCUT2D eigenvalue weighted by Crippen LogP contribution is 2.41. The monoisotopic (exact) mass is 357 g/mol. The van der Waals surface area contributed by atoms with E-state index in [9.17, 15) is 10.2 Å². The first-order chi connectivity index (χ1) is 10.2. The summed E-state index contributed by atoms with van der Waals surface area (Å²) in [4.78, 5) is 0. The van der Waals surface area contributed by atoms with Crippen LogP contribution in [0.25, 0.3) is 0 Å². The second-order valence-corrected chi connectivity index (χ2v) is 9.19. The molecule has 0 amide bonds. The summed E-state index contributed by atoms with van der Waals surface area (Å²) >= 11 is 0. The minimum absolute atomic E-state index is 0. The summed E-state index contributed by atoms with van der Waals surface area (Å²) in [5, 5.41) is 21.2. The number of aliphatic hydroxyl groups is 1. The van der Waals surface area contributed by atoms with Crippen LogP contribution in [0.2, 0.25) is 0 Å². The van der Waals surface area contributed by atoms with E-state index in [1.807, 2.05) is 12.1 Å². The smallest absolute Gasteiger partial charge is 0.123 e. The van der Waals surface area contributed by atoms with E-state index in [2.05, 4.69) is 55.4 Å². The minimum Gasteiger partial charge on any atom is -0.507 e. The van der Waals surface area contributed by atoms with Gasteiger partial charge in [0.2, 0.25) is 0 Å². The summed E-state index contributed by atoms with van der Waals surface area (Å²) in [6, 6.07) is 3.47. The van der Waals surface area contributed by atoms with E-state index in [0.29, 0.717) is 18.1 Å². The fraction of sp³-hybridized carbons (Fsp3) is 0.700. The number of rotatable bonds is 4. The molecule has 3 nitrogen and oxygen atoms in total. The second-order valence-electron chi connectivity index (χ2n) is 9.19. The van der Waals surface area contributed by atoms with Crippen LogP contribution in [0.4, 0.5) is 0 Å². The molecule has 0 spiro atoms. The topological polar surface area (TPSA) is 66.5 Å². The van der Waals surface area contributed by atoms with Crippen molar-refractivity contribution in [2.45, 2.75) is 84.8 Å². The van der Waals surface area contributed by atoms with Gasteiger partial charge in [0.15, 0.2) is 0 Å². The summed E-state index contributed by atoms with van der Waals surface area (Å²) in [5.74, 6) is 0.733. The van der Waals surface area contributed by atoms with E-state index in [1.54, 1.807) is 0 Å². The molecule has 0 fully saturated rings. The van der Waals surface area contributed by atoms with Crippen molar-refractivity contribution in [1.29, 1.82) is 0 Å². The molecule has 0 saturated carbocycles. The van der Waals surface area contributed by atoms with Crippen LogP contribution >= 0.6 is 12.4 Å². The van der Waals surface area contributed by atoms with Gasteiger partial charge >= 0.3 is 0 Å². The molecule has 24 heavy (non-hydrogen) atoms. The first-order valence-corrected chi connectivity index (χ1v) is 8.56. The summed E-state index contributed by atoms with van der Waals surface area (Å²) in [5.41, 5.74) is 8.60. The second kappa shape index (κ2) is 8.07. The first kappa shape index (κ1) is 23.2. The molecule has 4 heteroatoms. The van der Waals surface area contributed by atoms with Gasteiger partial charge in [-0.3, -0.25) is 0 Å². The Labute approximate surface area is 154 Å². The molecule has 0 aliphatic rings. The van der Waals surface area contributed by atoms with Crippen LogP contribution in [0.5, 0.6) is 5.75 Å². The van der Waals surface area contributed by atoms with Gasteiger partial charge in [0.25, 0.3) is 0 Å². The lowest BCUT2D eigenvalue weighted by Gasteiger charge is -2.30. The summed E-state index contributed by atoms with van der Waals surface area (Å²) in [7, 11) is 0. The molecular weight excluding hydrogens is 322 g/mol. The zero-order chi connectivity index (χ0) is 18.2. The summed E-state index contributed by atoms with van der Waals surface area (Å²) < 4.78 is 0. The standard InChI is InChI=1S/C20H35NO2.ClH/c1-12(2)9-16(22)17(21)13-10-14(19(3,4)5)18(23)15(11-13)20(6,7)8;/h10-12,16-17,22-23H,9,21H2,1-8H3;1H/t16-,17+;/m0./s1. The lowest BCUT2D eigenvalue weighted by atomic mass is 9.77. The maximum absolute atomic E-state index is 10.7. The van der Waals surface area contributed by atoms with Crippen LogP contribution in [0.3, 0.4) is 0 Å². The molecule has 140 valence electrons. The third-order valence-electron chi connectivity index (χ3n) is 4.26. The van der Waals surface area contributed by atoms with Crippen LogP contribution in [0, 0.1) is 5.92 Å². The molecule has 0 bridgehead atoms.